The predicted molar refractivity (Wildman–Crippen MR) is 41.3 cm³/mol. The largest absolute Gasteiger partial charge is 0.394 e. The number of ether oxygens (including phenoxy) is 1. The monoisotopic (exact) mass is 167 g/mol. The topological polar surface area (TPSA) is 55.5 Å². The van der Waals surface area contributed by atoms with Crippen molar-refractivity contribution < 1.29 is 9.84 Å². The second kappa shape index (κ2) is 4.91. The molecule has 1 heterocycles. The van der Waals surface area contributed by atoms with Gasteiger partial charge in [0, 0.05) is 12.6 Å². The first kappa shape index (κ1) is 10.2. The third-order valence-electron chi connectivity index (χ3n) is 1.61. The average Bonchev–Trinajstić information content (AvgIpc) is 1.88. The minimum absolute atomic E-state index is 0. The first-order valence-corrected chi connectivity index (χ1v) is 3.31. The van der Waals surface area contributed by atoms with Gasteiger partial charge in [0.15, 0.2) is 0 Å². The van der Waals surface area contributed by atoms with Crippen molar-refractivity contribution in [3.05, 3.63) is 0 Å². The molecular formula is C6H14ClNO2. The quantitative estimate of drug-likeness (QED) is 0.574. The molecule has 0 aromatic carbocycles. The molecule has 62 valence electrons. The van der Waals surface area contributed by atoms with Crippen LogP contribution >= 0.6 is 12.4 Å². The van der Waals surface area contributed by atoms with Crippen LogP contribution < -0.4 is 5.73 Å². The summed E-state index contributed by atoms with van der Waals surface area (Å²) in [6.07, 6.45) is 1.72. The number of nitrogens with two attached hydrogens (primary N) is 1. The Bertz CT molecular complexity index is 91.8. The number of hydrogen-bond donors (Lipinski definition) is 2. The molecule has 0 bridgehead atoms. The van der Waals surface area contributed by atoms with Gasteiger partial charge in [-0.15, -0.1) is 12.4 Å². The predicted octanol–water partition coefficient (Wildman–Crippen LogP) is -0.0932. The fourth-order valence-electron chi connectivity index (χ4n) is 1.04. The molecule has 2 atom stereocenters. The molecule has 1 aliphatic heterocycles. The van der Waals surface area contributed by atoms with Gasteiger partial charge in [-0.05, 0) is 12.8 Å². The standard InChI is InChI=1S/C6H13NO2.ClH/c7-5-1-2-9-6(3-5)4-8;/h5-6,8H,1-4,7H2;1H. The van der Waals surface area contributed by atoms with E-state index in [1.165, 1.54) is 0 Å². The van der Waals surface area contributed by atoms with E-state index < -0.39 is 0 Å². The summed E-state index contributed by atoms with van der Waals surface area (Å²) in [6.45, 7) is 0.806. The second-order valence-corrected chi connectivity index (χ2v) is 2.46. The molecule has 10 heavy (non-hydrogen) atoms. The minimum atomic E-state index is -0.00579. The van der Waals surface area contributed by atoms with Gasteiger partial charge in [0.25, 0.3) is 0 Å². The molecular weight excluding hydrogens is 154 g/mol. The number of aliphatic hydroxyl groups excluding tert-OH is 1. The van der Waals surface area contributed by atoms with Crippen LogP contribution in [0.1, 0.15) is 12.8 Å². The summed E-state index contributed by atoms with van der Waals surface area (Å²) in [4.78, 5) is 0. The summed E-state index contributed by atoms with van der Waals surface area (Å²) < 4.78 is 5.17. The molecule has 1 aliphatic rings. The van der Waals surface area contributed by atoms with E-state index in [-0.39, 0.29) is 31.2 Å². The molecule has 2 unspecified atom stereocenters. The highest BCUT2D eigenvalue weighted by atomic mass is 35.5. The van der Waals surface area contributed by atoms with Gasteiger partial charge in [-0.2, -0.15) is 0 Å². The van der Waals surface area contributed by atoms with Crippen molar-refractivity contribution in [2.75, 3.05) is 13.2 Å². The first-order valence-electron chi connectivity index (χ1n) is 3.31. The molecule has 1 fully saturated rings. The molecule has 3 N–H and O–H groups in total. The zero-order valence-corrected chi connectivity index (χ0v) is 6.64. The summed E-state index contributed by atoms with van der Waals surface area (Å²) >= 11 is 0. The van der Waals surface area contributed by atoms with Crippen molar-refractivity contribution in [1.82, 2.24) is 0 Å². The molecule has 0 spiro atoms. The fraction of sp³-hybridized carbons (Fsp3) is 1.00. The third kappa shape index (κ3) is 2.84. The van der Waals surface area contributed by atoms with Crippen LogP contribution in [0.3, 0.4) is 0 Å². The van der Waals surface area contributed by atoms with Gasteiger partial charge in [-0.1, -0.05) is 0 Å². The normalized spacial score (nSPS) is 33.0. The Labute approximate surface area is 67.0 Å². The van der Waals surface area contributed by atoms with E-state index in [9.17, 15) is 0 Å². The summed E-state index contributed by atoms with van der Waals surface area (Å²) in [5.74, 6) is 0. The Kier molecular flexibility index (Phi) is 4.99. The molecule has 3 nitrogen and oxygen atoms in total. The summed E-state index contributed by atoms with van der Waals surface area (Å²) in [6, 6.07) is 0.232. The smallest absolute Gasteiger partial charge is 0.0820 e. The van der Waals surface area contributed by atoms with Crippen molar-refractivity contribution in [3.63, 3.8) is 0 Å². The maximum absolute atomic E-state index is 8.63. The SMILES string of the molecule is Cl.NC1CCOC(CO)C1. The molecule has 0 amide bonds. The van der Waals surface area contributed by atoms with E-state index in [0.29, 0.717) is 6.61 Å². The number of hydrogen-bond acceptors (Lipinski definition) is 3. The number of halogens is 1. The fourth-order valence-corrected chi connectivity index (χ4v) is 1.04. The Balaban J connectivity index is 0.000000810. The van der Waals surface area contributed by atoms with E-state index >= 15 is 0 Å². The van der Waals surface area contributed by atoms with Gasteiger partial charge in [0.05, 0.1) is 12.7 Å². The van der Waals surface area contributed by atoms with Crippen molar-refractivity contribution in [1.29, 1.82) is 0 Å². The van der Waals surface area contributed by atoms with Gasteiger partial charge >= 0.3 is 0 Å². The Hall–Kier alpha value is 0.170. The van der Waals surface area contributed by atoms with E-state index in [0.717, 1.165) is 12.8 Å². The molecule has 0 radical (unpaired) electrons. The van der Waals surface area contributed by atoms with Crippen molar-refractivity contribution in [2.24, 2.45) is 5.73 Å². The van der Waals surface area contributed by atoms with Gasteiger partial charge in [0.2, 0.25) is 0 Å². The molecule has 0 aliphatic carbocycles. The van der Waals surface area contributed by atoms with E-state index in [1.54, 1.807) is 0 Å². The average molecular weight is 168 g/mol. The van der Waals surface area contributed by atoms with Gasteiger partial charge in [0.1, 0.15) is 0 Å². The van der Waals surface area contributed by atoms with Crippen LogP contribution in [0.2, 0.25) is 0 Å². The lowest BCUT2D eigenvalue weighted by molar-refractivity contribution is -0.0237. The van der Waals surface area contributed by atoms with Crippen molar-refractivity contribution in [2.45, 2.75) is 25.0 Å². The van der Waals surface area contributed by atoms with E-state index in [4.69, 9.17) is 15.6 Å². The summed E-state index contributed by atoms with van der Waals surface area (Å²) in [5.41, 5.74) is 5.61. The van der Waals surface area contributed by atoms with Crippen LogP contribution in [-0.2, 0) is 4.74 Å². The van der Waals surface area contributed by atoms with Crippen molar-refractivity contribution in [3.8, 4) is 0 Å². The van der Waals surface area contributed by atoms with Crippen LogP contribution in [0, 0.1) is 0 Å². The zero-order chi connectivity index (χ0) is 6.69. The maximum Gasteiger partial charge on any atom is 0.0820 e. The van der Waals surface area contributed by atoms with Crippen LogP contribution in [0.4, 0.5) is 0 Å². The first-order chi connectivity index (χ1) is 4.33. The highest BCUT2D eigenvalue weighted by molar-refractivity contribution is 5.85. The molecule has 1 saturated heterocycles. The van der Waals surface area contributed by atoms with Crippen LogP contribution in [0.25, 0.3) is 0 Å². The van der Waals surface area contributed by atoms with E-state index in [1.807, 2.05) is 0 Å². The van der Waals surface area contributed by atoms with Gasteiger partial charge in [-0.3, -0.25) is 0 Å². The lowest BCUT2D eigenvalue weighted by Crippen LogP contribution is -2.36. The van der Waals surface area contributed by atoms with Gasteiger partial charge in [-0.25, -0.2) is 0 Å². The van der Waals surface area contributed by atoms with Crippen LogP contribution in [-0.4, -0.2) is 30.5 Å². The lowest BCUT2D eigenvalue weighted by atomic mass is 10.1. The summed E-state index contributed by atoms with van der Waals surface area (Å²) in [7, 11) is 0. The Morgan fingerprint density at radius 1 is 1.60 bits per heavy atom. The number of rotatable bonds is 1. The lowest BCUT2D eigenvalue weighted by Gasteiger charge is -2.25. The Morgan fingerprint density at radius 3 is 2.70 bits per heavy atom. The summed E-state index contributed by atoms with van der Waals surface area (Å²) in [5, 5.41) is 8.63. The minimum Gasteiger partial charge on any atom is -0.394 e. The number of aliphatic hydroxyl groups is 1. The molecule has 4 heteroatoms. The zero-order valence-electron chi connectivity index (χ0n) is 5.82. The van der Waals surface area contributed by atoms with Crippen LogP contribution in [0.5, 0.6) is 0 Å². The van der Waals surface area contributed by atoms with Crippen molar-refractivity contribution >= 4 is 12.4 Å². The highest BCUT2D eigenvalue weighted by Crippen LogP contribution is 2.10. The second-order valence-electron chi connectivity index (χ2n) is 2.46. The van der Waals surface area contributed by atoms with Crippen LogP contribution in [0.15, 0.2) is 0 Å². The molecule has 0 saturated carbocycles. The third-order valence-corrected chi connectivity index (χ3v) is 1.61. The van der Waals surface area contributed by atoms with Gasteiger partial charge < -0.3 is 15.6 Å². The molecule has 0 aromatic heterocycles. The van der Waals surface area contributed by atoms with E-state index in [2.05, 4.69) is 0 Å². The Morgan fingerprint density at radius 2 is 2.30 bits per heavy atom. The molecule has 1 rings (SSSR count). The molecule has 0 aromatic rings. The highest BCUT2D eigenvalue weighted by Gasteiger charge is 2.17. The maximum atomic E-state index is 8.63.